The Hall–Kier alpha value is -1.59. The Morgan fingerprint density at radius 3 is 2.89 bits per heavy atom. The molecule has 0 amide bonds. The van der Waals surface area contributed by atoms with Crippen LogP contribution in [0.2, 0.25) is 0 Å². The molecule has 0 aliphatic rings. The highest BCUT2D eigenvalue weighted by atomic mass is 16.5. The highest BCUT2D eigenvalue weighted by molar-refractivity contribution is 5.81. The highest BCUT2D eigenvalue weighted by Crippen LogP contribution is 2.16. The summed E-state index contributed by atoms with van der Waals surface area (Å²) in [6.07, 6.45) is 1.84. The Morgan fingerprint density at radius 2 is 2.06 bits per heavy atom. The number of anilines is 1. The second-order valence-electron chi connectivity index (χ2n) is 4.00. The highest BCUT2D eigenvalue weighted by Gasteiger charge is 2.02. The van der Waals surface area contributed by atoms with E-state index in [-0.39, 0.29) is 0 Å². The van der Waals surface area contributed by atoms with Gasteiger partial charge in [0.05, 0.1) is 38.1 Å². The van der Waals surface area contributed by atoms with E-state index in [0.29, 0.717) is 19.8 Å². The van der Waals surface area contributed by atoms with Gasteiger partial charge in [-0.25, -0.2) is 0 Å². The number of fused-ring (bicyclic) bond motifs is 1. The van der Waals surface area contributed by atoms with E-state index in [1.54, 1.807) is 0 Å². The first-order valence-electron chi connectivity index (χ1n) is 6.18. The van der Waals surface area contributed by atoms with Gasteiger partial charge in [-0.2, -0.15) is 5.10 Å². The average Bonchev–Trinajstić information content (AvgIpc) is 2.76. The van der Waals surface area contributed by atoms with Crippen LogP contribution in [0.15, 0.2) is 24.4 Å². The molecule has 2 rings (SSSR count). The molecule has 0 atom stereocenters. The average molecular weight is 249 g/mol. The maximum Gasteiger partial charge on any atom is 0.0703 e. The van der Waals surface area contributed by atoms with Crippen LogP contribution < -0.4 is 5.73 Å². The minimum Gasteiger partial charge on any atom is -0.399 e. The van der Waals surface area contributed by atoms with Gasteiger partial charge in [-0.3, -0.25) is 4.68 Å². The molecule has 98 valence electrons. The summed E-state index contributed by atoms with van der Waals surface area (Å²) in [5, 5.41) is 5.42. The third-order valence-electron chi connectivity index (χ3n) is 2.69. The van der Waals surface area contributed by atoms with Crippen LogP contribution in [0, 0.1) is 0 Å². The van der Waals surface area contributed by atoms with Gasteiger partial charge in [0.25, 0.3) is 0 Å². The lowest BCUT2D eigenvalue weighted by Crippen LogP contribution is -2.10. The molecule has 1 heterocycles. The smallest absolute Gasteiger partial charge is 0.0703 e. The van der Waals surface area contributed by atoms with E-state index in [9.17, 15) is 0 Å². The van der Waals surface area contributed by atoms with Gasteiger partial charge in [0.15, 0.2) is 0 Å². The molecule has 0 saturated carbocycles. The normalized spacial score (nSPS) is 11.2. The zero-order valence-corrected chi connectivity index (χ0v) is 10.6. The first-order chi connectivity index (χ1) is 8.81. The van der Waals surface area contributed by atoms with Gasteiger partial charge in [-0.1, -0.05) is 0 Å². The summed E-state index contributed by atoms with van der Waals surface area (Å²) < 4.78 is 12.6. The molecule has 2 aromatic rings. The van der Waals surface area contributed by atoms with Crippen molar-refractivity contribution >= 4 is 16.6 Å². The van der Waals surface area contributed by atoms with Crippen molar-refractivity contribution in [3.05, 3.63) is 24.4 Å². The molecular weight excluding hydrogens is 230 g/mol. The van der Waals surface area contributed by atoms with Gasteiger partial charge in [-0.15, -0.1) is 0 Å². The van der Waals surface area contributed by atoms with E-state index < -0.39 is 0 Å². The number of benzene rings is 1. The topological polar surface area (TPSA) is 62.3 Å². The Bertz CT molecular complexity index is 496. The molecule has 0 saturated heterocycles. The second kappa shape index (κ2) is 6.37. The van der Waals surface area contributed by atoms with Crippen LogP contribution in [0.5, 0.6) is 0 Å². The predicted octanol–water partition coefficient (Wildman–Crippen LogP) is 1.67. The quantitative estimate of drug-likeness (QED) is 0.599. The van der Waals surface area contributed by atoms with Crippen LogP contribution >= 0.6 is 0 Å². The SMILES string of the molecule is CCOCCOCCn1ncc2ccc(N)cc21. The summed E-state index contributed by atoms with van der Waals surface area (Å²) in [5.41, 5.74) is 7.57. The standard InChI is InChI=1S/C13H19N3O2/c1-2-17-7-8-18-6-5-16-13-9-12(14)4-3-11(13)10-15-16/h3-4,9-10H,2,5-8,14H2,1H3. The van der Waals surface area contributed by atoms with Crippen molar-refractivity contribution in [2.45, 2.75) is 13.5 Å². The molecule has 5 nitrogen and oxygen atoms in total. The summed E-state index contributed by atoms with van der Waals surface area (Å²) >= 11 is 0. The first-order valence-corrected chi connectivity index (χ1v) is 6.18. The largest absolute Gasteiger partial charge is 0.399 e. The van der Waals surface area contributed by atoms with E-state index in [4.69, 9.17) is 15.2 Å². The van der Waals surface area contributed by atoms with Crippen molar-refractivity contribution in [1.82, 2.24) is 9.78 Å². The van der Waals surface area contributed by atoms with E-state index in [0.717, 1.165) is 29.7 Å². The molecule has 0 bridgehead atoms. The maximum absolute atomic E-state index is 5.77. The minimum absolute atomic E-state index is 0.620. The second-order valence-corrected chi connectivity index (χ2v) is 4.00. The Morgan fingerprint density at radius 1 is 1.22 bits per heavy atom. The molecule has 0 fully saturated rings. The molecule has 0 spiro atoms. The monoisotopic (exact) mass is 249 g/mol. The minimum atomic E-state index is 0.620. The van der Waals surface area contributed by atoms with Crippen molar-refractivity contribution in [3.8, 4) is 0 Å². The molecular formula is C13H19N3O2. The Balaban J connectivity index is 1.86. The van der Waals surface area contributed by atoms with Gasteiger partial charge in [0, 0.05) is 17.7 Å². The molecule has 0 unspecified atom stereocenters. The van der Waals surface area contributed by atoms with Crippen LogP contribution in [0.4, 0.5) is 5.69 Å². The fourth-order valence-corrected chi connectivity index (χ4v) is 1.78. The van der Waals surface area contributed by atoms with Crippen molar-refractivity contribution in [1.29, 1.82) is 0 Å². The van der Waals surface area contributed by atoms with Gasteiger partial charge in [0.2, 0.25) is 0 Å². The lowest BCUT2D eigenvalue weighted by molar-refractivity contribution is 0.0491. The number of nitrogen functional groups attached to an aromatic ring is 1. The van der Waals surface area contributed by atoms with Gasteiger partial charge >= 0.3 is 0 Å². The summed E-state index contributed by atoms with van der Waals surface area (Å²) in [6, 6.07) is 5.79. The first kappa shape index (κ1) is 12.9. The lowest BCUT2D eigenvalue weighted by atomic mass is 10.2. The molecule has 0 aliphatic heterocycles. The number of aromatic nitrogens is 2. The van der Waals surface area contributed by atoms with Gasteiger partial charge in [-0.05, 0) is 25.1 Å². The number of rotatable bonds is 7. The number of nitrogens with two attached hydrogens (primary N) is 1. The molecule has 2 N–H and O–H groups in total. The Kier molecular flexibility index (Phi) is 4.55. The van der Waals surface area contributed by atoms with Crippen molar-refractivity contribution in [2.75, 3.05) is 32.2 Å². The number of hydrogen-bond donors (Lipinski definition) is 1. The summed E-state index contributed by atoms with van der Waals surface area (Å²) in [6.45, 7) is 5.31. The lowest BCUT2D eigenvalue weighted by Gasteiger charge is -2.06. The van der Waals surface area contributed by atoms with Crippen molar-refractivity contribution < 1.29 is 9.47 Å². The maximum atomic E-state index is 5.77. The number of hydrogen-bond acceptors (Lipinski definition) is 4. The third-order valence-corrected chi connectivity index (χ3v) is 2.69. The van der Waals surface area contributed by atoms with Crippen molar-refractivity contribution in [2.24, 2.45) is 0 Å². The van der Waals surface area contributed by atoms with Gasteiger partial charge in [0.1, 0.15) is 0 Å². The van der Waals surface area contributed by atoms with Crippen molar-refractivity contribution in [3.63, 3.8) is 0 Å². The Labute approximate surface area is 106 Å². The van der Waals surface area contributed by atoms with Crippen LogP contribution in [-0.2, 0) is 16.0 Å². The van der Waals surface area contributed by atoms with Crippen LogP contribution in [0.1, 0.15) is 6.92 Å². The van der Waals surface area contributed by atoms with Crippen LogP contribution in [0.25, 0.3) is 10.9 Å². The molecule has 5 heteroatoms. The van der Waals surface area contributed by atoms with E-state index in [1.807, 2.05) is 36.0 Å². The summed E-state index contributed by atoms with van der Waals surface area (Å²) in [4.78, 5) is 0. The number of ether oxygens (including phenoxy) is 2. The fourth-order valence-electron chi connectivity index (χ4n) is 1.78. The third kappa shape index (κ3) is 3.21. The summed E-state index contributed by atoms with van der Waals surface area (Å²) in [5.74, 6) is 0. The predicted molar refractivity (Wildman–Crippen MR) is 71.5 cm³/mol. The van der Waals surface area contributed by atoms with E-state index in [2.05, 4.69) is 5.10 Å². The number of nitrogens with zero attached hydrogens (tertiary/aromatic N) is 2. The zero-order valence-electron chi connectivity index (χ0n) is 10.6. The molecule has 1 aromatic heterocycles. The van der Waals surface area contributed by atoms with Crippen LogP contribution in [0.3, 0.4) is 0 Å². The molecule has 18 heavy (non-hydrogen) atoms. The van der Waals surface area contributed by atoms with E-state index in [1.165, 1.54) is 0 Å². The van der Waals surface area contributed by atoms with Gasteiger partial charge < -0.3 is 15.2 Å². The molecule has 0 aliphatic carbocycles. The fraction of sp³-hybridized carbons (Fsp3) is 0.462. The van der Waals surface area contributed by atoms with Crippen LogP contribution in [-0.4, -0.2) is 36.2 Å². The summed E-state index contributed by atoms with van der Waals surface area (Å²) in [7, 11) is 0. The molecule has 1 aromatic carbocycles. The zero-order chi connectivity index (χ0) is 12.8. The molecule has 0 radical (unpaired) electrons. The van der Waals surface area contributed by atoms with E-state index >= 15 is 0 Å².